The van der Waals surface area contributed by atoms with Gasteiger partial charge in [-0.3, -0.25) is 9.78 Å². The molecule has 0 bridgehead atoms. The minimum Gasteiger partial charge on any atom is -0.350 e. The number of rotatable bonds is 5. The second kappa shape index (κ2) is 8.24. The molecule has 2 aromatic carbocycles. The van der Waals surface area contributed by atoms with Crippen LogP contribution in [-0.4, -0.2) is 25.7 Å². The molecule has 0 unspecified atom stereocenters. The third-order valence-corrected chi connectivity index (χ3v) is 4.63. The van der Waals surface area contributed by atoms with Crippen LogP contribution in [0, 0.1) is 6.92 Å². The molecular weight excluding hydrogens is 386 g/mol. The highest BCUT2D eigenvalue weighted by Gasteiger charge is 2.18. The zero-order chi connectivity index (χ0) is 20.2. The summed E-state index contributed by atoms with van der Waals surface area (Å²) in [7, 11) is 0. The average Bonchev–Trinajstić information content (AvgIpc) is 3.18. The fraction of sp³-hybridized carbons (Fsp3) is 0.0909. The minimum atomic E-state index is -0.258. The maximum absolute atomic E-state index is 13.1. The Bertz CT molecular complexity index is 1120. The Morgan fingerprint density at radius 1 is 1.07 bits per heavy atom. The highest BCUT2D eigenvalue weighted by Crippen LogP contribution is 2.19. The summed E-state index contributed by atoms with van der Waals surface area (Å²) < 4.78 is 1.29. The van der Waals surface area contributed by atoms with E-state index in [4.69, 9.17) is 11.6 Å². The van der Waals surface area contributed by atoms with Gasteiger partial charge in [-0.05, 0) is 48.9 Å². The van der Waals surface area contributed by atoms with Crippen LogP contribution in [-0.2, 0) is 6.54 Å². The van der Waals surface area contributed by atoms with E-state index in [9.17, 15) is 4.79 Å². The van der Waals surface area contributed by atoms with Crippen molar-refractivity contribution in [2.45, 2.75) is 13.5 Å². The number of pyridine rings is 1. The van der Waals surface area contributed by atoms with Crippen LogP contribution in [0.3, 0.4) is 0 Å². The van der Waals surface area contributed by atoms with E-state index < -0.39 is 0 Å². The average molecular weight is 404 g/mol. The molecule has 7 heteroatoms. The highest BCUT2D eigenvalue weighted by atomic mass is 35.5. The molecule has 0 atom stereocenters. The van der Waals surface area contributed by atoms with Crippen molar-refractivity contribution in [1.82, 2.24) is 19.7 Å². The van der Waals surface area contributed by atoms with Crippen LogP contribution in [0.4, 0.5) is 5.95 Å². The highest BCUT2D eigenvalue weighted by molar-refractivity contribution is 6.30. The van der Waals surface area contributed by atoms with Crippen molar-refractivity contribution in [2.75, 3.05) is 5.32 Å². The first-order valence-corrected chi connectivity index (χ1v) is 9.45. The molecule has 6 nitrogen and oxygen atoms in total. The van der Waals surface area contributed by atoms with Crippen LogP contribution < -0.4 is 5.32 Å². The maximum Gasteiger partial charge on any atom is 0.281 e. The summed E-state index contributed by atoms with van der Waals surface area (Å²) in [4.78, 5) is 21.7. The molecule has 0 saturated carbocycles. The van der Waals surface area contributed by atoms with Gasteiger partial charge in [0.1, 0.15) is 0 Å². The van der Waals surface area contributed by atoms with Gasteiger partial charge in [-0.25, -0.2) is 0 Å². The summed E-state index contributed by atoms with van der Waals surface area (Å²) in [5.41, 5.74) is 3.36. The van der Waals surface area contributed by atoms with Gasteiger partial charge in [0.15, 0.2) is 5.82 Å². The zero-order valence-corrected chi connectivity index (χ0v) is 16.5. The molecule has 0 saturated heterocycles. The molecule has 0 aliphatic carbocycles. The molecule has 2 aromatic heterocycles. The SMILES string of the molecule is Cc1ccc(C(=O)n2nc(-c3cccnc3)nc2NCc2ccc(Cl)cc2)cc1. The van der Waals surface area contributed by atoms with E-state index in [1.807, 2.05) is 49.4 Å². The van der Waals surface area contributed by atoms with Crippen LogP contribution in [0.5, 0.6) is 0 Å². The van der Waals surface area contributed by atoms with Crippen molar-refractivity contribution in [3.63, 3.8) is 0 Å². The molecule has 0 radical (unpaired) electrons. The van der Waals surface area contributed by atoms with Crippen LogP contribution in [0.25, 0.3) is 11.4 Å². The second-order valence-corrected chi connectivity index (χ2v) is 7.00. The smallest absolute Gasteiger partial charge is 0.281 e. The van der Waals surface area contributed by atoms with E-state index in [1.54, 1.807) is 30.6 Å². The van der Waals surface area contributed by atoms with Gasteiger partial charge < -0.3 is 5.32 Å². The Labute approximate surface area is 173 Å². The summed E-state index contributed by atoms with van der Waals surface area (Å²) in [6.45, 7) is 2.45. The first kappa shape index (κ1) is 18.8. The van der Waals surface area contributed by atoms with Crippen molar-refractivity contribution in [1.29, 1.82) is 0 Å². The Kier molecular flexibility index (Phi) is 5.35. The first-order valence-electron chi connectivity index (χ1n) is 9.07. The van der Waals surface area contributed by atoms with Gasteiger partial charge in [0.25, 0.3) is 5.91 Å². The standard InChI is InChI=1S/C22H18ClN5O/c1-15-4-8-17(9-5-15)21(29)28-22(25-13-16-6-10-19(23)11-7-16)26-20(27-28)18-3-2-12-24-14-18/h2-12,14H,13H2,1H3,(H,25,26,27). The Balaban J connectivity index is 1.67. The summed E-state index contributed by atoms with van der Waals surface area (Å²) >= 11 is 5.95. The van der Waals surface area contributed by atoms with Crippen molar-refractivity contribution in [3.8, 4) is 11.4 Å². The fourth-order valence-corrected chi connectivity index (χ4v) is 2.91. The number of benzene rings is 2. The van der Waals surface area contributed by atoms with Crippen molar-refractivity contribution in [2.24, 2.45) is 0 Å². The first-order chi connectivity index (χ1) is 14.1. The number of hydrogen-bond acceptors (Lipinski definition) is 5. The third kappa shape index (κ3) is 4.33. The van der Waals surface area contributed by atoms with E-state index >= 15 is 0 Å². The quantitative estimate of drug-likeness (QED) is 0.527. The van der Waals surface area contributed by atoms with Gasteiger partial charge >= 0.3 is 0 Å². The number of nitrogens with zero attached hydrogens (tertiary/aromatic N) is 4. The number of carbonyl (C=O) groups is 1. The summed E-state index contributed by atoms with van der Waals surface area (Å²) in [5.74, 6) is 0.535. The van der Waals surface area contributed by atoms with Crippen molar-refractivity contribution >= 4 is 23.5 Å². The van der Waals surface area contributed by atoms with E-state index in [-0.39, 0.29) is 5.91 Å². The lowest BCUT2D eigenvalue weighted by Gasteiger charge is -2.08. The van der Waals surface area contributed by atoms with E-state index in [0.717, 1.165) is 16.7 Å². The fourth-order valence-electron chi connectivity index (χ4n) is 2.79. The summed E-state index contributed by atoms with van der Waals surface area (Å²) in [6, 6.07) is 18.5. The van der Waals surface area contributed by atoms with Gasteiger partial charge in [0.2, 0.25) is 5.95 Å². The summed E-state index contributed by atoms with van der Waals surface area (Å²) in [5, 5.41) is 8.32. The van der Waals surface area contributed by atoms with E-state index in [0.29, 0.717) is 28.9 Å². The topological polar surface area (TPSA) is 72.7 Å². The lowest BCUT2D eigenvalue weighted by molar-refractivity contribution is 0.0947. The number of aromatic nitrogens is 4. The number of nitrogens with one attached hydrogen (secondary N) is 1. The molecule has 144 valence electrons. The Hall–Kier alpha value is -3.51. The van der Waals surface area contributed by atoms with Gasteiger partial charge in [0.05, 0.1) is 0 Å². The van der Waals surface area contributed by atoms with Crippen LogP contribution in [0.15, 0.2) is 73.1 Å². The third-order valence-electron chi connectivity index (χ3n) is 4.38. The molecule has 29 heavy (non-hydrogen) atoms. The second-order valence-electron chi connectivity index (χ2n) is 6.56. The van der Waals surface area contributed by atoms with Crippen LogP contribution in [0.2, 0.25) is 5.02 Å². The molecule has 0 aliphatic heterocycles. The molecule has 4 rings (SSSR count). The number of aryl methyl sites for hydroxylation is 1. The van der Waals surface area contributed by atoms with E-state index in [2.05, 4.69) is 20.4 Å². The minimum absolute atomic E-state index is 0.258. The van der Waals surface area contributed by atoms with E-state index in [1.165, 1.54) is 4.68 Å². The predicted octanol–water partition coefficient (Wildman–Crippen LogP) is 4.60. The largest absolute Gasteiger partial charge is 0.350 e. The molecule has 0 aliphatic rings. The number of carbonyl (C=O) groups excluding carboxylic acids is 1. The molecule has 0 spiro atoms. The lowest BCUT2D eigenvalue weighted by atomic mass is 10.1. The summed E-state index contributed by atoms with van der Waals surface area (Å²) in [6.07, 6.45) is 3.34. The normalized spacial score (nSPS) is 10.7. The zero-order valence-electron chi connectivity index (χ0n) is 15.7. The Morgan fingerprint density at radius 3 is 2.52 bits per heavy atom. The number of hydrogen-bond donors (Lipinski definition) is 1. The lowest BCUT2D eigenvalue weighted by Crippen LogP contribution is -2.17. The van der Waals surface area contributed by atoms with Crippen molar-refractivity contribution < 1.29 is 4.79 Å². The van der Waals surface area contributed by atoms with Gasteiger partial charge in [-0.15, -0.1) is 5.10 Å². The van der Waals surface area contributed by atoms with Crippen LogP contribution >= 0.6 is 11.6 Å². The monoisotopic (exact) mass is 403 g/mol. The molecule has 2 heterocycles. The molecule has 0 fully saturated rings. The number of anilines is 1. The van der Waals surface area contributed by atoms with Gasteiger partial charge in [-0.2, -0.15) is 9.67 Å². The Morgan fingerprint density at radius 2 is 1.83 bits per heavy atom. The molecule has 1 N–H and O–H groups in total. The van der Waals surface area contributed by atoms with Gasteiger partial charge in [0, 0.05) is 35.1 Å². The van der Waals surface area contributed by atoms with Crippen LogP contribution in [0.1, 0.15) is 21.5 Å². The molecule has 4 aromatic rings. The molecular formula is C22H18ClN5O. The predicted molar refractivity (Wildman–Crippen MR) is 113 cm³/mol. The maximum atomic E-state index is 13.1. The van der Waals surface area contributed by atoms with Gasteiger partial charge in [-0.1, -0.05) is 41.4 Å². The molecule has 0 amide bonds. The van der Waals surface area contributed by atoms with Crippen molar-refractivity contribution in [3.05, 3.63) is 94.8 Å². The number of halogens is 1.